The average Bonchev–Trinajstić information content (AvgIpc) is 2.31. The molecular weight excluding hydrogens is 329 g/mol. The van der Waals surface area contributed by atoms with Gasteiger partial charge in [0.15, 0.2) is 0 Å². The molecule has 2 rings (SSSR count). The van der Waals surface area contributed by atoms with E-state index in [-0.39, 0.29) is 23.9 Å². The Morgan fingerprint density at radius 3 is 2.60 bits per heavy atom. The predicted octanol–water partition coefficient (Wildman–Crippen LogP) is 2.96. The summed E-state index contributed by atoms with van der Waals surface area (Å²) in [6, 6.07) is 4.32. The van der Waals surface area contributed by atoms with Crippen LogP contribution in [0, 0.1) is 11.2 Å². The Hall–Kier alpha value is -1.43. The third-order valence-electron chi connectivity index (χ3n) is 3.75. The van der Waals surface area contributed by atoms with Gasteiger partial charge in [-0.15, -0.1) is 0 Å². The molecule has 2 N–H and O–H groups in total. The molecule has 0 unspecified atom stereocenters. The maximum absolute atomic E-state index is 13.6. The minimum atomic E-state index is -0.869. The molecule has 1 aromatic carbocycles. The summed E-state index contributed by atoms with van der Waals surface area (Å²) in [5.74, 6) is -1.99. The number of carboxylic acids is 1. The quantitative estimate of drug-likeness (QED) is 0.863. The molecular formula is C14H15BrFNO3. The molecule has 1 fully saturated rings. The first-order valence-corrected chi connectivity index (χ1v) is 7.17. The van der Waals surface area contributed by atoms with Gasteiger partial charge in [0.25, 0.3) is 5.91 Å². The highest BCUT2D eigenvalue weighted by molar-refractivity contribution is 9.10. The second-order valence-electron chi connectivity index (χ2n) is 5.20. The fraction of sp³-hybridized carbons (Fsp3) is 0.429. The van der Waals surface area contributed by atoms with Crippen LogP contribution in [-0.4, -0.2) is 23.5 Å². The van der Waals surface area contributed by atoms with E-state index in [4.69, 9.17) is 5.11 Å². The molecule has 0 aliphatic heterocycles. The number of hydrogen-bond acceptors (Lipinski definition) is 2. The van der Waals surface area contributed by atoms with Gasteiger partial charge < -0.3 is 10.4 Å². The molecule has 0 aromatic heterocycles. The topological polar surface area (TPSA) is 66.4 Å². The maximum atomic E-state index is 13.6. The van der Waals surface area contributed by atoms with Crippen LogP contribution in [0.25, 0.3) is 0 Å². The molecule has 1 amide bonds. The third kappa shape index (κ3) is 3.17. The lowest BCUT2D eigenvalue weighted by Crippen LogP contribution is -2.43. The van der Waals surface area contributed by atoms with E-state index >= 15 is 0 Å². The van der Waals surface area contributed by atoms with Crippen LogP contribution in [0.3, 0.4) is 0 Å². The highest BCUT2D eigenvalue weighted by Crippen LogP contribution is 2.43. The number of amides is 1. The lowest BCUT2D eigenvalue weighted by molar-refractivity contribution is -0.141. The van der Waals surface area contributed by atoms with E-state index in [0.29, 0.717) is 4.47 Å². The van der Waals surface area contributed by atoms with Gasteiger partial charge in [-0.2, -0.15) is 0 Å². The van der Waals surface area contributed by atoms with Crippen molar-refractivity contribution in [3.63, 3.8) is 0 Å². The molecule has 20 heavy (non-hydrogen) atoms. The Labute approximate surface area is 124 Å². The van der Waals surface area contributed by atoms with Crippen molar-refractivity contribution in [2.24, 2.45) is 5.41 Å². The maximum Gasteiger partial charge on any atom is 0.303 e. The molecule has 0 spiro atoms. The van der Waals surface area contributed by atoms with Crippen LogP contribution in [-0.2, 0) is 4.79 Å². The molecule has 108 valence electrons. The van der Waals surface area contributed by atoms with Crippen molar-refractivity contribution >= 4 is 27.8 Å². The Morgan fingerprint density at radius 2 is 2.10 bits per heavy atom. The van der Waals surface area contributed by atoms with Gasteiger partial charge in [-0.25, -0.2) is 4.39 Å². The van der Waals surface area contributed by atoms with E-state index in [1.807, 2.05) is 0 Å². The molecule has 0 heterocycles. The average molecular weight is 344 g/mol. The van der Waals surface area contributed by atoms with Crippen molar-refractivity contribution in [2.45, 2.75) is 25.7 Å². The zero-order valence-electron chi connectivity index (χ0n) is 10.8. The summed E-state index contributed by atoms with van der Waals surface area (Å²) in [6.45, 7) is 0.263. The summed E-state index contributed by atoms with van der Waals surface area (Å²) < 4.78 is 14.0. The highest BCUT2D eigenvalue weighted by Gasteiger charge is 2.39. The van der Waals surface area contributed by atoms with Gasteiger partial charge in [-0.05, 0) is 46.3 Å². The van der Waals surface area contributed by atoms with E-state index in [2.05, 4.69) is 21.2 Å². The number of nitrogens with one attached hydrogen (secondary N) is 1. The van der Waals surface area contributed by atoms with Crippen molar-refractivity contribution in [1.29, 1.82) is 0 Å². The predicted molar refractivity (Wildman–Crippen MR) is 75.0 cm³/mol. The largest absolute Gasteiger partial charge is 0.481 e. The number of hydrogen-bond donors (Lipinski definition) is 2. The van der Waals surface area contributed by atoms with Gasteiger partial charge in [0, 0.05) is 11.0 Å². The highest BCUT2D eigenvalue weighted by atomic mass is 79.9. The number of aliphatic carboxylic acids is 1. The molecule has 0 atom stereocenters. The number of halogens is 2. The Morgan fingerprint density at radius 1 is 1.40 bits per heavy atom. The summed E-state index contributed by atoms with van der Waals surface area (Å²) in [5, 5.41) is 11.6. The van der Waals surface area contributed by atoms with E-state index in [0.717, 1.165) is 19.3 Å². The van der Waals surface area contributed by atoms with Crippen molar-refractivity contribution in [3.8, 4) is 0 Å². The van der Waals surface area contributed by atoms with Crippen LogP contribution in [0.15, 0.2) is 22.7 Å². The van der Waals surface area contributed by atoms with Crippen LogP contribution >= 0.6 is 15.9 Å². The van der Waals surface area contributed by atoms with E-state index in [1.54, 1.807) is 6.07 Å². The van der Waals surface area contributed by atoms with Crippen LogP contribution in [0.4, 0.5) is 4.39 Å². The molecule has 1 saturated carbocycles. The lowest BCUT2D eigenvalue weighted by Gasteiger charge is -2.40. The zero-order valence-corrected chi connectivity index (χ0v) is 12.4. The Bertz CT molecular complexity index is 523. The van der Waals surface area contributed by atoms with E-state index in [9.17, 15) is 14.0 Å². The summed E-state index contributed by atoms with van der Waals surface area (Å²) in [4.78, 5) is 22.9. The van der Waals surface area contributed by atoms with E-state index in [1.165, 1.54) is 12.1 Å². The van der Waals surface area contributed by atoms with E-state index < -0.39 is 17.7 Å². The normalized spacial score (nSPS) is 16.3. The van der Waals surface area contributed by atoms with Gasteiger partial charge in [0.1, 0.15) is 5.82 Å². The summed E-state index contributed by atoms with van der Waals surface area (Å²) in [7, 11) is 0. The molecule has 0 radical (unpaired) electrons. The summed E-state index contributed by atoms with van der Waals surface area (Å²) in [5.41, 5.74) is -0.420. The smallest absolute Gasteiger partial charge is 0.303 e. The van der Waals surface area contributed by atoms with Gasteiger partial charge in [-0.3, -0.25) is 9.59 Å². The van der Waals surface area contributed by atoms with Crippen LogP contribution < -0.4 is 5.32 Å². The second kappa shape index (κ2) is 5.91. The lowest BCUT2D eigenvalue weighted by atomic mass is 9.66. The van der Waals surface area contributed by atoms with Crippen molar-refractivity contribution in [3.05, 3.63) is 34.1 Å². The van der Waals surface area contributed by atoms with Gasteiger partial charge >= 0.3 is 5.97 Å². The molecule has 1 aromatic rings. The first-order chi connectivity index (χ1) is 9.43. The summed E-state index contributed by atoms with van der Waals surface area (Å²) in [6.07, 6.45) is 2.55. The summed E-state index contributed by atoms with van der Waals surface area (Å²) >= 11 is 3.14. The number of carbonyl (C=O) groups excluding carboxylic acids is 1. The monoisotopic (exact) mass is 343 g/mol. The molecule has 0 bridgehead atoms. The number of benzene rings is 1. The molecule has 4 nitrogen and oxygen atoms in total. The number of rotatable bonds is 5. The zero-order chi connectivity index (χ0) is 14.8. The SMILES string of the molecule is O=C(O)CC1(CNC(=O)c2c(F)cccc2Br)CCC1. The minimum absolute atomic E-state index is 0.0335. The van der Waals surface area contributed by atoms with Crippen LogP contribution in [0.5, 0.6) is 0 Å². The van der Waals surface area contributed by atoms with Crippen molar-refractivity contribution in [1.82, 2.24) is 5.32 Å². The standard InChI is InChI=1S/C14H15BrFNO3/c15-9-3-1-4-10(16)12(9)13(20)17-8-14(5-2-6-14)7-11(18)19/h1,3-4H,2,5-8H2,(H,17,20)(H,18,19). The molecule has 6 heteroatoms. The first kappa shape index (κ1) is 15.0. The van der Waals surface area contributed by atoms with Crippen molar-refractivity contribution < 1.29 is 19.1 Å². The first-order valence-electron chi connectivity index (χ1n) is 6.38. The fourth-order valence-electron chi connectivity index (χ4n) is 2.48. The molecule has 0 saturated heterocycles. The van der Waals surface area contributed by atoms with Gasteiger partial charge in [0.05, 0.1) is 12.0 Å². The minimum Gasteiger partial charge on any atom is -0.481 e. The number of carbonyl (C=O) groups is 2. The van der Waals surface area contributed by atoms with Crippen LogP contribution in [0.1, 0.15) is 36.0 Å². The molecule has 1 aliphatic carbocycles. The Kier molecular flexibility index (Phi) is 4.42. The van der Waals surface area contributed by atoms with Crippen molar-refractivity contribution in [2.75, 3.05) is 6.54 Å². The third-order valence-corrected chi connectivity index (χ3v) is 4.42. The second-order valence-corrected chi connectivity index (χ2v) is 6.06. The number of carboxylic acid groups (broad SMARTS) is 1. The van der Waals surface area contributed by atoms with Gasteiger partial charge in [-0.1, -0.05) is 12.5 Å². The Balaban J connectivity index is 2.03. The van der Waals surface area contributed by atoms with Crippen LogP contribution in [0.2, 0.25) is 0 Å². The fourth-order valence-corrected chi connectivity index (χ4v) is 3.01. The molecule has 1 aliphatic rings. The van der Waals surface area contributed by atoms with Gasteiger partial charge in [0.2, 0.25) is 0 Å².